The molecule has 0 aromatic carbocycles. The van der Waals surface area contributed by atoms with Crippen molar-refractivity contribution in [1.29, 1.82) is 0 Å². The third kappa shape index (κ3) is 2.42. The van der Waals surface area contributed by atoms with Gasteiger partial charge in [-0.25, -0.2) is 0 Å². The molecule has 3 rings (SSSR count). The fourth-order valence-electron chi connectivity index (χ4n) is 2.34. The van der Waals surface area contributed by atoms with Crippen molar-refractivity contribution in [2.75, 3.05) is 31.1 Å². The predicted octanol–water partition coefficient (Wildman–Crippen LogP) is 0.935. The summed E-state index contributed by atoms with van der Waals surface area (Å²) in [6, 6.07) is 4.06. The number of aromatic nitrogens is 1. The highest BCUT2D eigenvalue weighted by atomic mass is 16.3. The van der Waals surface area contributed by atoms with Gasteiger partial charge in [-0.1, -0.05) is 0 Å². The van der Waals surface area contributed by atoms with Gasteiger partial charge in [-0.2, -0.15) is 0 Å². The van der Waals surface area contributed by atoms with Crippen LogP contribution in [0.25, 0.3) is 0 Å². The molecule has 1 aliphatic heterocycles. The molecular formula is C13H19N3O. The van der Waals surface area contributed by atoms with Crippen LogP contribution in [0.5, 0.6) is 0 Å². The molecule has 1 saturated heterocycles. The average Bonchev–Trinajstić information content (AvgIpc) is 3.24. The van der Waals surface area contributed by atoms with Crippen LogP contribution in [0.2, 0.25) is 0 Å². The van der Waals surface area contributed by atoms with Crippen molar-refractivity contribution in [1.82, 2.24) is 10.3 Å². The van der Waals surface area contributed by atoms with Gasteiger partial charge in [0, 0.05) is 26.2 Å². The Bertz CT molecular complexity index is 369. The normalized spacial score (nSPS) is 22.5. The van der Waals surface area contributed by atoms with E-state index in [1.165, 1.54) is 5.69 Å². The third-order valence-electron chi connectivity index (χ3n) is 3.62. The highest BCUT2D eigenvalue weighted by Crippen LogP contribution is 2.40. The minimum Gasteiger partial charge on any atom is -0.387 e. The van der Waals surface area contributed by atoms with Crippen molar-refractivity contribution in [3.05, 3.63) is 24.0 Å². The summed E-state index contributed by atoms with van der Waals surface area (Å²) in [5.74, 6) is 0.451. The van der Waals surface area contributed by atoms with Crippen LogP contribution in [0.4, 0.5) is 5.69 Å². The number of aliphatic hydroxyl groups is 1. The maximum Gasteiger partial charge on any atom is 0.0987 e. The van der Waals surface area contributed by atoms with Crippen LogP contribution in [-0.2, 0) is 0 Å². The number of hydrogen-bond acceptors (Lipinski definition) is 4. The Kier molecular flexibility index (Phi) is 2.99. The average molecular weight is 233 g/mol. The van der Waals surface area contributed by atoms with Crippen molar-refractivity contribution in [2.45, 2.75) is 18.9 Å². The SMILES string of the molecule is OC(c1ccc(N2CCNCC2)cn1)C1CC1. The van der Waals surface area contributed by atoms with Gasteiger partial charge in [0.25, 0.3) is 0 Å². The molecule has 1 aromatic rings. The Morgan fingerprint density at radius 1 is 1.29 bits per heavy atom. The molecule has 1 aromatic heterocycles. The monoisotopic (exact) mass is 233 g/mol. The molecule has 4 heteroatoms. The number of nitrogens with one attached hydrogen (secondary N) is 1. The first-order chi connectivity index (χ1) is 8.34. The first-order valence-corrected chi connectivity index (χ1v) is 6.44. The molecule has 2 fully saturated rings. The van der Waals surface area contributed by atoms with Gasteiger partial charge < -0.3 is 15.3 Å². The number of rotatable bonds is 3. The fourth-order valence-corrected chi connectivity index (χ4v) is 2.34. The second-order valence-corrected chi connectivity index (χ2v) is 4.96. The predicted molar refractivity (Wildman–Crippen MR) is 67.0 cm³/mol. The van der Waals surface area contributed by atoms with E-state index in [2.05, 4.69) is 21.3 Å². The smallest absolute Gasteiger partial charge is 0.0987 e. The fraction of sp³-hybridized carbons (Fsp3) is 0.615. The third-order valence-corrected chi connectivity index (χ3v) is 3.62. The van der Waals surface area contributed by atoms with Crippen LogP contribution in [-0.4, -0.2) is 36.3 Å². The largest absolute Gasteiger partial charge is 0.387 e. The molecule has 4 nitrogen and oxygen atoms in total. The van der Waals surface area contributed by atoms with Crippen LogP contribution in [0.3, 0.4) is 0 Å². The van der Waals surface area contributed by atoms with Crippen LogP contribution in [0.15, 0.2) is 18.3 Å². The van der Waals surface area contributed by atoms with Crippen molar-refractivity contribution in [3.8, 4) is 0 Å². The van der Waals surface area contributed by atoms with E-state index in [0.717, 1.165) is 44.7 Å². The molecule has 0 bridgehead atoms. The van der Waals surface area contributed by atoms with Gasteiger partial charge in [0.05, 0.1) is 23.7 Å². The lowest BCUT2D eigenvalue weighted by Crippen LogP contribution is -2.43. The summed E-state index contributed by atoms with van der Waals surface area (Å²) in [6.45, 7) is 4.14. The Labute approximate surface area is 102 Å². The van der Waals surface area contributed by atoms with Crippen LogP contribution in [0.1, 0.15) is 24.6 Å². The Hall–Kier alpha value is -1.13. The van der Waals surface area contributed by atoms with Crippen molar-refractivity contribution in [2.24, 2.45) is 5.92 Å². The molecule has 17 heavy (non-hydrogen) atoms. The van der Waals surface area contributed by atoms with Gasteiger partial charge in [-0.15, -0.1) is 0 Å². The van der Waals surface area contributed by atoms with Gasteiger partial charge >= 0.3 is 0 Å². The lowest BCUT2D eigenvalue weighted by Gasteiger charge is -2.29. The maximum atomic E-state index is 9.98. The molecule has 0 radical (unpaired) electrons. The summed E-state index contributed by atoms with van der Waals surface area (Å²) in [6.07, 6.45) is 3.82. The lowest BCUT2D eigenvalue weighted by molar-refractivity contribution is 0.149. The number of pyridine rings is 1. The van der Waals surface area contributed by atoms with Gasteiger partial charge in [0.2, 0.25) is 0 Å². The van der Waals surface area contributed by atoms with Gasteiger partial charge in [-0.05, 0) is 30.9 Å². The number of piperazine rings is 1. The Morgan fingerprint density at radius 2 is 2.06 bits per heavy atom. The molecule has 1 atom stereocenters. The quantitative estimate of drug-likeness (QED) is 0.815. The molecule has 1 saturated carbocycles. The molecule has 92 valence electrons. The molecule has 0 amide bonds. The zero-order chi connectivity index (χ0) is 11.7. The van der Waals surface area contributed by atoms with E-state index < -0.39 is 0 Å². The summed E-state index contributed by atoms with van der Waals surface area (Å²) >= 11 is 0. The molecule has 0 spiro atoms. The summed E-state index contributed by atoms with van der Waals surface area (Å²) in [4.78, 5) is 6.73. The molecule has 1 unspecified atom stereocenters. The van der Waals surface area contributed by atoms with Gasteiger partial charge in [0.1, 0.15) is 0 Å². The Morgan fingerprint density at radius 3 is 2.65 bits per heavy atom. The molecule has 1 aliphatic carbocycles. The van der Waals surface area contributed by atoms with Crippen molar-refractivity contribution >= 4 is 5.69 Å². The zero-order valence-corrected chi connectivity index (χ0v) is 9.97. The summed E-state index contributed by atoms with van der Waals surface area (Å²) in [5, 5.41) is 13.3. The first-order valence-electron chi connectivity index (χ1n) is 6.44. The minimum absolute atomic E-state index is 0.355. The van der Waals surface area contributed by atoms with Gasteiger partial charge in [0.15, 0.2) is 0 Å². The minimum atomic E-state index is -0.355. The number of anilines is 1. The topological polar surface area (TPSA) is 48.4 Å². The van der Waals surface area contributed by atoms with Crippen LogP contribution in [0, 0.1) is 5.92 Å². The van der Waals surface area contributed by atoms with E-state index in [1.54, 1.807) is 0 Å². The summed E-state index contributed by atoms with van der Waals surface area (Å²) in [7, 11) is 0. The molecule has 2 heterocycles. The number of hydrogen-bond donors (Lipinski definition) is 2. The maximum absolute atomic E-state index is 9.98. The van der Waals surface area contributed by atoms with Crippen LogP contribution < -0.4 is 10.2 Å². The summed E-state index contributed by atoms with van der Waals surface area (Å²) in [5.41, 5.74) is 1.99. The molecular weight excluding hydrogens is 214 g/mol. The summed E-state index contributed by atoms with van der Waals surface area (Å²) < 4.78 is 0. The second kappa shape index (κ2) is 4.63. The van der Waals surface area contributed by atoms with E-state index in [9.17, 15) is 5.11 Å². The highest BCUT2D eigenvalue weighted by Gasteiger charge is 2.31. The Balaban J connectivity index is 1.70. The highest BCUT2D eigenvalue weighted by molar-refractivity contribution is 5.45. The standard InChI is InChI=1S/C13H19N3O/c17-13(10-1-2-10)12-4-3-11(9-15-12)16-7-5-14-6-8-16/h3-4,9-10,13-14,17H,1-2,5-8H2. The first kappa shape index (κ1) is 11.0. The van der Waals surface area contributed by atoms with Gasteiger partial charge in [-0.3, -0.25) is 4.98 Å². The van der Waals surface area contributed by atoms with E-state index >= 15 is 0 Å². The van der Waals surface area contributed by atoms with Crippen LogP contribution >= 0.6 is 0 Å². The van der Waals surface area contributed by atoms with E-state index in [4.69, 9.17) is 0 Å². The molecule has 2 aliphatic rings. The number of aliphatic hydroxyl groups excluding tert-OH is 1. The van der Waals surface area contributed by atoms with E-state index in [1.807, 2.05) is 12.3 Å². The zero-order valence-electron chi connectivity index (χ0n) is 9.97. The second-order valence-electron chi connectivity index (χ2n) is 4.96. The van der Waals surface area contributed by atoms with E-state index in [0.29, 0.717) is 5.92 Å². The number of nitrogens with zero attached hydrogens (tertiary/aromatic N) is 2. The lowest BCUT2D eigenvalue weighted by atomic mass is 10.1. The van der Waals surface area contributed by atoms with E-state index in [-0.39, 0.29) is 6.10 Å². The molecule has 2 N–H and O–H groups in total. The van der Waals surface area contributed by atoms with Crippen molar-refractivity contribution in [3.63, 3.8) is 0 Å². The van der Waals surface area contributed by atoms with Crippen molar-refractivity contribution < 1.29 is 5.11 Å².